The van der Waals surface area contributed by atoms with Crippen LogP contribution in [0.25, 0.3) is 5.76 Å². The van der Waals surface area contributed by atoms with Gasteiger partial charge in [0.1, 0.15) is 17.6 Å². The second kappa shape index (κ2) is 8.12. The average molecular weight is 420 g/mol. The maximum atomic E-state index is 13.0. The van der Waals surface area contributed by atoms with Crippen molar-refractivity contribution in [1.29, 1.82) is 0 Å². The molecule has 3 aromatic rings. The highest BCUT2D eigenvalue weighted by Crippen LogP contribution is 2.43. The Labute approximate surface area is 178 Å². The standard InChI is InChI=1S/C23H20N2O4S/c1-14-8-10-30-22(14)19-18(20(26)16-6-3-7-17(11-16)29-2)21(27)23(28)25(19)13-15-5-4-9-24-12-15/h3-12,19,26H,13H2,1-2H3/b20-18-. The van der Waals surface area contributed by atoms with Crippen molar-refractivity contribution in [2.75, 3.05) is 7.11 Å². The first-order chi connectivity index (χ1) is 14.5. The van der Waals surface area contributed by atoms with Gasteiger partial charge in [-0.15, -0.1) is 11.3 Å². The first kappa shape index (κ1) is 19.8. The van der Waals surface area contributed by atoms with Gasteiger partial charge in [-0.2, -0.15) is 0 Å². The summed E-state index contributed by atoms with van der Waals surface area (Å²) in [5, 5.41) is 13.0. The lowest BCUT2D eigenvalue weighted by Crippen LogP contribution is -2.29. The Balaban J connectivity index is 1.87. The molecule has 1 amide bonds. The van der Waals surface area contributed by atoms with Crippen molar-refractivity contribution in [2.24, 2.45) is 0 Å². The van der Waals surface area contributed by atoms with Gasteiger partial charge in [-0.3, -0.25) is 14.6 Å². The van der Waals surface area contributed by atoms with Gasteiger partial charge in [0.05, 0.1) is 12.7 Å². The number of ketones is 1. The molecule has 1 aliphatic heterocycles. The molecule has 0 saturated carbocycles. The first-order valence-corrected chi connectivity index (χ1v) is 10.2. The smallest absolute Gasteiger partial charge is 0.295 e. The van der Waals surface area contributed by atoms with Crippen LogP contribution in [0.2, 0.25) is 0 Å². The Morgan fingerprint density at radius 1 is 1.23 bits per heavy atom. The number of benzene rings is 1. The number of amides is 1. The Kier molecular flexibility index (Phi) is 5.37. The fourth-order valence-electron chi connectivity index (χ4n) is 3.59. The Hall–Kier alpha value is -3.45. The zero-order chi connectivity index (χ0) is 21.3. The third-order valence-corrected chi connectivity index (χ3v) is 6.18. The second-order valence-electron chi connectivity index (χ2n) is 6.99. The van der Waals surface area contributed by atoms with Gasteiger partial charge >= 0.3 is 0 Å². The average Bonchev–Trinajstić information content (AvgIpc) is 3.30. The van der Waals surface area contributed by atoms with E-state index in [9.17, 15) is 14.7 Å². The molecular weight excluding hydrogens is 400 g/mol. The first-order valence-electron chi connectivity index (χ1n) is 9.37. The molecule has 3 heterocycles. The number of aliphatic hydroxyl groups excluding tert-OH is 1. The summed E-state index contributed by atoms with van der Waals surface area (Å²) in [5.41, 5.74) is 2.27. The lowest BCUT2D eigenvalue weighted by Gasteiger charge is -2.25. The van der Waals surface area contributed by atoms with E-state index in [1.165, 1.54) is 23.3 Å². The van der Waals surface area contributed by atoms with Crippen LogP contribution in [0.5, 0.6) is 5.75 Å². The summed E-state index contributed by atoms with van der Waals surface area (Å²) in [6.07, 6.45) is 3.32. The van der Waals surface area contributed by atoms with E-state index in [2.05, 4.69) is 4.98 Å². The van der Waals surface area contributed by atoms with Gasteiger partial charge in [0.15, 0.2) is 0 Å². The molecule has 6 nitrogen and oxygen atoms in total. The number of aryl methyl sites for hydroxylation is 1. The van der Waals surface area contributed by atoms with Crippen LogP contribution in [-0.2, 0) is 16.1 Å². The summed E-state index contributed by atoms with van der Waals surface area (Å²) in [7, 11) is 1.53. The molecule has 1 aromatic carbocycles. The second-order valence-corrected chi connectivity index (χ2v) is 7.94. The quantitative estimate of drug-likeness (QED) is 0.382. The molecule has 1 aliphatic rings. The highest BCUT2D eigenvalue weighted by Gasteiger charge is 2.47. The number of thiophene rings is 1. The lowest BCUT2D eigenvalue weighted by molar-refractivity contribution is -0.140. The third-order valence-electron chi connectivity index (χ3n) is 5.11. The molecule has 30 heavy (non-hydrogen) atoms. The van der Waals surface area contributed by atoms with E-state index >= 15 is 0 Å². The summed E-state index contributed by atoms with van der Waals surface area (Å²) < 4.78 is 5.23. The van der Waals surface area contributed by atoms with Gasteiger partial charge in [-0.1, -0.05) is 18.2 Å². The fourth-order valence-corrected chi connectivity index (χ4v) is 4.64. The van der Waals surface area contributed by atoms with Gasteiger partial charge in [-0.05, 0) is 47.7 Å². The molecule has 1 fully saturated rings. The Morgan fingerprint density at radius 2 is 2.07 bits per heavy atom. The minimum Gasteiger partial charge on any atom is -0.507 e. The van der Waals surface area contributed by atoms with Crippen molar-refractivity contribution in [3.8, 4) is 5.75 Å². The predicted octanol–water partition coefficient (Wildman–Crippen LogP) is 4.08. The third kappa shape index (κ3) is 3.48. The fraction of sp³-hybridized carbons (Fsp3) is 0.174. The summed E-state index contributed by atoms with van der Waals surface area (Å²) in [5.74, 6) is -0.996. The number of carbonyl (C=O) groups excluding carboxylic acids is 2. The van der Waals surface area contributed by atoms with Gasteiger partial charge in [-0.25, -0.2) is 0 Å². The van der Waals surface area contributed by atoms with Crippen LogP contribution in [-0.4, -0.2) is 33.8 Å². The number of carbonyl (C=O) groups is 2. The van der Waals surface area contributed by atoms with E-state index in [1.807, 2.05) is 24.4 Å². The number of likely N-dealkylation sites (tertiary alicyclic amines) is 1. The van der Waals surface area contributed by atoms with E-state index in [1.54, 1.807) is 42.7 Å². The normalized spacial score (nSPS) is 18.1. The van der Waals surface area contributed by atoms with Crippen molar-refractivity contribution >= 4 is 28.8 Å². The SMILES string of the molecule is COc1cccc(/C(O)=C2/C(=O)C(=O)N(Cc3cccnc3)C2c2sccc2C)c1. The van der Waals surface area contributed by atoms with Crippen LogP contribution in [0.4, 0.5) is 0 Å². The number of pyridine rings is 1. The summed E-state index contributed by atoms with van der Waals surface area (Å²) in [6, 6.07) is 11.7. The van der Waals surface area contributed by atoms with E-state index in [0.717, 1.165) is 16.0 Å². The van der Waals surface area contributed by atoms with Crippen LogP contribution in [0.3, 0.4) is 0 Å². The molecule has 0 aliphatic carbocycles. The molecule has 7 heteroatoms. The van der Waals surface area contributed by atoms with Crippen LogP contribution < -0.4 is 4.74 Å². The van der Waals surface area contributed by atoms with Crippen LogP contribution in [0, 0.1) is 6.92 Å². The van der Waals surface area contributed by atoms with Gasteiger partial charge in [0, 0.05) is 29.4 Å². The molecular formula is C23H20N2O4S. The molecule has 1 atom stereocenters. The van der Waals surface area contributed by atoms with Crippen LogP contribution >= 0.6 is 11.3 Å². The number of aliphatic hydroxyl groups is 1. The van der Waals surface area contributed by atoms with Gasteiger partial charge in [0.25, 0.3) is 11.7 Å². The highest BCUT2D eigenvalue weighted by atomic mass is 32.1. The summed E-state index contributed by atoms with van der Waals surface area (Å²) >= 11 is 1.46. The Morgan fingerprint density at radius 3 is 2.73 bits per heavy atom. The molecule has 2 aromatic heterocycles. The molecule has 0 bridgehead atoms. The highest BCUT2D eigenvalue weighted by molar-refractivity contribution is 7.10. The number of aromatic nitrogens is 1. The molecule has 0 radical (unpaired) electrons. The molecule has 0 spiro atoms. The predicted molar refractivity (Wildman–Crippen MR) is 114 cm³/mol. The number of nitrogens with zero attached hydrogens (tertiary/aromatic N) is 2. The number of ether oxygens (including phenoxy) is 1. The number of rotatable bonds is 5. The summed E-state index contributed by atoms with van der Waals surface area (Å²) in [6.45, 7) is 2.15. The number of hydrogen-bond donors (Lipinski definition) is 1. The minimum absolute atomic E-state index is 0.0858. The summed E-state index contributed by atoms with van der Waals surface area (Å²) in [4.78, 5) is 32.5. The van der Waals surface area contributed by atoms with Crippen molar-refractivity contribution in [1.82, 2.24) is 9.88 Å². The number of hydrogen-bond acceptors (Lipinski definition) is 6. The largest absolute Gasteiger partial charge is 0.507 e. The van der Waals surface area contributed by atoms with Crippen molar-refractivity contribution in [3.05, 3.63) is 87.4 Å². The number of methoxy groups -OCH3 is 1. The maximum absolute atomic E-state index is 13.0. The minimum atomic E-state index is -0.697. The molecule has 152 valence electrons. The molecule has 1 unspecified atom stereocenters. The van der Waals surface area contributed by atoms with E-state index in [-0.39, 0.29) is 17.9 Å². The van der Waals surface area contributed by atoms with E-state index in [4.69, 9.17) is 4.74 Å². The van der Waals surface area contributed by atoms with Crippen molar-refractivity contribution < 1.29 is 19.4 Å². The molecule has 1 N–H and O–H groups in total. The Bertz CT molecular complexity index is 1140. The van der Waals surface area contributed by atoms with E-state index in [0.29, 0.717) is 11.3 Å². The molecule has 1 saturated heterocycles. The lowest BCUT2D eigenvalue weighted by atomic mass is 9.98. The monoisotopic (exact) mass is 420 g/mol. The number of Topliss-reactive ketones (excluding diaryl/α,β-unsaturated/α-hetero) is 1. The van der Waals surface area contributed by atoms with Crippen LogP contribution in [0.15, 0.2) is 65.8 Å². The zero-order valence-corrected chi connectivity index (χ0v) is 17.3. The van der Waals surface area contributed by atoms with Crippen LogP contribution in [0.1, 0.15) is 27.6 Å². The maximum Gasteiger partial charge on any atom is 0.295 e. The van der Waals surface area contributed by atoms with Gasteiger partial charge < -0.3 is 14.7 Å². The van der Waals surface area contributed by atoms with Crippen molar-refractivity contribution in [3.63, 3.8) is 0 Å². The zero-order valence-electron chi connectivity index (χ0n) is 16.5. The van der Waals surface area contributed by atoms with Gasteiger partial charge in [0.2, 0.25) is 0 Å². The van der Waals surface area contributed by atoms with E-state index < -0.39 is 17.7 Å². The molecule has 4 rings (SSSR count). The topological polar surface area (TPSA) is 79.7 Å². The van der Waals surface area contributed by atoms with Crippen molar-refractivity contribution in [2.45, 2.75) is 19.5 Å².